The van der Waals surface area contributed by atoms with Crippen LogP contribution in [-0.2, 0) is 0 Å². The largest absolute Gasteiger partial charge is 0.378 e. The fourth-order valence-electron chi connectivity index (χ4n) is 3.10. The van der Waals surface area contributed by atoms with Crippen molar-refractivity contribution >= 4 is 29.3 Å². The Labute approximate surface area is 173 Å². The molecule has 2 heterocycles. The van der Waals surface area contributed by atoms with Crippen molar-refractivity contribution < 1.29 is 9.59 Å². The summed E-state index contributed by atoms with van der Waals surface area (Å²) >= 11 is 1.54. The van der Waals surface area contributed by atoms with E-state index in [1.807, 2.05) is 61.5 Å². The summed E-state index contributed by atoms with van der Waals surface area (Å²) < 4.78 is 0. The smallest absolute Gasteiger partial charge is 0.274 e. The number of nitrogens with zero attached hydrogens (tertiary/aromatic N) is 3. The fraction of sp³-hybridized carbons (Fsp3) is 0.136. The molecule has 0 aliphatic carbocycles. The Kier molecular flexibility index (Phi) is 5.22. The lowest BCUT2D eigenvalue weighted by atomic mass is 10.1. The van der Waals surface area contributed by atoms with Crippen molar-refractivity contribution in [2.24, 2.45) is 0 Å². The molecule has 4 rings (SSSR count). The van der Waals surface area contributed by atoms with Crippen molar-refractivity contribution in [3.63, 3.8) is 0 Å². The van der Waals surface area contributed by atoms with Crippen LogP contribution in [0.15, 0.2) is 78.0 Å². The van der Waals surface area contributed by atoms with E-state index in [0.717, 1.165) is 16.1 Å². The summed E-state index contributed by atoms with van der Waals surface area (Å²) in [6, 6.07) is 18.7. The van der Waals surface area contributed by atoms with Crippen LogP contribution in [0.2, 0.25) is 0 Å². The summed E-state index contributed by atoms with van der Waals surface area (Å²) in [5, 5.41) is 1.04. The Morgan fingerprint density at radius 3 is 2.41 bits per heavy atom. The number of anilines is 1. The van der Waals surface area contributed by atoms with Crippen molar-refractivity contribution in [1.82, 2.24) is 15.4 Å². The van der Waals surface area contributed by atoms with E-state index in [1.165, 1.54) is 16.8 Å². The molecule has 2 amide bonds. The van der Waals surface area contributed by atoms with E-state index in [-0.39, 0.29) is 17.2 Å². The van der Waals surface area contributed by atoms with Gasteiger partial charge in [-0.25, -0.2) is 5.01 Å². The third-order valence-corrected chi connectivity index (χ3v) is 5.98. The van der Waals surface area contributed by atoms with Crippen LogP contribution in [-0.4, -0.2) is 35.9 Å². The highest BCUT2D eigenvalue weighted by Crippen LogP contribution is 2.44. The number of aromatic nitrogens is 1. The molecule has 146 valence electrons. The summed E-state index contributed by atoms with van der Waals surface area (Å²) in [5.74, 6) is -0.584. The number of hydrogen-bond donors (Lipinski definition) is 1. The number of amides is 2. The van der Waals surface area contributed by atoms with Crippen LogP contribution in [0.25, 0.3) is 0 Å². The second kappa shape index (κ2) is 7.97. The minimum atomic E-state index is -0.376. The highest BCUT2D eigenvalue weighted by molar-refractivity contribution is 7.99. The zero-order chi connectivity index (χ0) is 20.4. The fourth-order valence-corrected chi connectivity index (χ4v) is 4.32. The first kappa shape index (κ1) is 19.0. The maximum Gasteiger partial charge on any atom is 0.274 e. The number of carbonyl (C=O) groups is 2. The van der Waals surface area contributed by atoms with Crippen LogP contribution in [0, 0.1) is 0 Å². The van der Waals surface area contributed by atoms with Gasteiger partial charge in [0.25, 0.3) is 11.8 Å². The van der Waals surface area contributed by atoms with Gasteiger partial charge in [-0.1, -0.05) is 36.0 Å². The Hall–Kier alpha value is -3.32. The third kappa shape index (κ3) is 3.82. The number of hydrazine groups is 1. The molecule has 1 aliphatic rings. The molecule has 7 heteroatoms. The first-order valence-electron chi connectivity index (χ1n) is 9.12. The number of nitrogens with one attached hydrogen (secondary N) is 1. The van der Waals surface area contributed by atoms with Crippen LogP contribution < -0.4 is 10.3 Å². The predicted molar refractivity (Wildman–Crippen MR) is 114 cm³/mol. The van der Waals surface area contributed by atoms with Crippen LogP contribution in [0.1, 0.15) is 31.7 Å². The lowest BCUT2D eigenvalue weighted by Crippen LogP contribution is -2.49. The lowest BCUT2D eigenvalue weighted by Gasteiger charge is -2.36. The SMILES string of the molecule is CN(C)c1ccc(C2Sc3ccccc3C(=O)N2NC(=O)c2ccncc2)cc1. The van der Waals surface area contributed by atoms with E-state index in [0.29, 0.717) is 11.1 Å². The molecule has 1 unspecified atom stereocenters. The van der Waals surface area contributed by atoms with Gasteiger partial charge < -0.3 is 4.90 Å². The van der Waals surface area contributed by atoms with Crippen LogP contribution >= 0.6 is 11.8 Å². The van der Waals surface area contributed by atoms with E-state index in [4.69, 9.17) is 0 Å². The molecular formula is C22H20N4O2S. The molecular weight excluding hydrogens is 384 g/mol. The maximum absolute atomic E-state index is 13.2. The summed E-state index contributed by atoms with van der Waals surface area (Å²) in [6.45, 7) is 0. The number of benzene rings is 2. The molecule has 1 N–H and O–H groups in total. The number of fused-ring (bicyclic) bond motifs is 1. The maximum atomic E-state index is 13.2. The van der Waals surface area contributed by atoms with Crippen LogP contribution in [0.4, 0.5) is 5.69 Å². The number of hydrogen-bond acceptors (Lipinski definition) is 5. The van der Waals surface area contributed by atoms with E-state index >= 15 is 0 Å². The van der Waals surface area contributed by atoms with Gasteiger partial charge in [0.2, 0.25) is 0 Å². The Bertz CT molecular complexity index is 1040. The Morgan fingerprint density at radius 1 is 1.03 bits per heavy atom. The van der Waals surface area contributed by atoms with Crippen molar-refractivity contribution in [1.29, 1.82) is 0 Å². The number of pyridine rings is 1. The van der Waals surface area contributed by atoms with Crippen molar-refractivity contribution in [2.75, 3.05) is 19.0 Å². The second-order valence-electron chi connectivity index (χ2n) is 6.80. The predicted octanol–water partition coefficient (Wildman–Crippen LogP) is 3.74. The molecule has 6 nitrogen and oxygen atoms in total. The highest BCUT2D eigenvalue weighted by Gasteiger charge is 2.35. The molecule has 1 aromatic heterocycles. The topological polar surface area (TPSA) is 65.5 Å². The normalized spacial score (nSPS) is 15.6. The van der Waals surface area contributed by atoms with Crippen molar-refractivity contribution in [3.8, 4) is 0 Å². The lowest BCUT2D eigenvalue weighted by molar-refractivity contribution is 0.0547. The number of carbonyl (C=O) groups excluding carboxylic acids is 2. The second-order valence-corrected chi connectivity index (χ2v) is 7.93. The van der Waals surface area contributed by atoms with Gasteiger partial charge in [0.15, 0.2) is 0 Å². The minimum Gasteiger partial charge on any atom is -0.378 e. The van der Waals surface area contributed by atoms with Gasteiger partial charge >= 0.3 is 0 Å². The standard InChI is InChI=1S/C22H20N4O2S/c1-25(2)17-9-7-16(8-10-17)22-26(24-20(27)15-11-13-23-14-12-15)21(28)18-5-3-4-6-19(18)29-22/h3-14,22H,1-2H3,(H,24,27). The highest BCUT2D eigenvalue weighted by atomic mass is 32.2. The number of thioether (sulfide) groups is 1. The summed E-state index contributed by atoms with van der Waals surface area (Å²) in [7, 11) is 3.96. The molecule has 0 fully saturated rings. The van der Waals surface area contributed by atoms with Gasteiger partial charge in [-0.15, -0.1) is 0 Å². The van der Waals surface area contributed by atoms with Gasteiger partial charge in [0.1, 0.15) is 5.37 Å². The molecule has 1 atom stereocenters. The zero-order valence-electron chi connectivity index (χ0n) is 16.1. The molecule has 29 heavy (non-hydrogen) atoms. The van der Waals surface area contributed by atoms with E-state index < -0.39 is 0 Å². The molecule has 0 bridgehead atoms. The van der Waals surface area contributed by atoms with Gasteiger partial charge in [-0.2, -0.15) is 0 Å². The zero-order valence-corrected chi connectivity index (χ0v) is 16.9. The van der Waals surface area contributed by atoms with Crippen LogP contribution in [0.5, 0.6) is 0 Å². The average Bonchev–Trinajstić information content (AvgIpc) is 2.76. The minimum absolute atomic E-state index is 0.233. The van der Waals surface area contributed by atoms with Gasteiger partial charge in [0.05, 0.1) is 5.56 Å². The molecule has 0 radical (unpaired) electrons. The average molecular weight is 404 g/mol. The molecule has 0 saturated heterocycles. The molecule has 0 spiro atoms. The summed E-state index contributed by atoms with van der Waals surface area (Å²) in [6.07, 6.45) is 3.10. The molecule has 0 saturated carbocycles. The molecule has 3 aromatic rings. The monoisotopic (exact) mass is 404 g/mol. The van der Waals surface area contributed by atoms with Crippen LogP contribution in [0.3, 0.4) is 0 Å². The van der Waals surface area contributed by atoms with Gasteiger partial charge in [0, 0.05) is 42.6 Å². The first-order chi connectivity index (χ1) is 14.0. The summed E-state index contributed by atoms with van der Waals surface area (Å²) in [4.78, 5) is 32.8. The van der Waals surface area contributed by atoms with Gasteiger partial charge in [-0.05, 0) is 42.0 Å². The quantitative estimate of drug-likeness (QED) is 0.718. The van der Waals surface area contributed by atoms with Gasteiger partial charge in [-0.3, -0.25) is 20.0 Å². The Morgan fingerprint density at radius 2 is 1.72 bits per heavy atom. The first-order valence-corrected chi connectivity index (χ1v) is 10.00. The van der Waals surface area contributed by atoms with E-state index in [2.05, 4.69) is 10.4 Å². The van der Waals surface area contributed by atoms with E-state index in [1.54, 1.807) is 30.6 Å². The molecule has 2 aromatic carbocycles. The van der Waals surface area contributed by atoms with Crippen molar-refractivity contribution in [2.45, 2.75) is 10.3 Å². The third-order valence-electron chi connectivity index (χ3n) is 4.67. The Balaban J connectivity index is 1.70. The molecule has 1 aliphatic heterocycles. The number of rotatable bonds is 4. The van der Waals surface area contributed by atoms with E-state index in [9.17, 15) is 9.59 Å². The van der Waals surface area contributed by atoms with Crippen molar-refractivity contribution in [3.05, 3.63) is 89.7 Å². The summed E-state index contributed by atoms with van der Waals surface area (Å²) in [5.41, 5.74) is 5.81.